The first-order valence-corrected chi connectivity index (χ1v) is 7.30. The Morgan fingerprint density at radius 1 is 1.19 bits per heavy atom. The zero-order chi connectivity index (χ0) is 15.5. The molecule has 1 amide bonds. The summed E-state index contributed by atoms with van der Waals surface area (Å²) in [5.41, 5.74) is 0.232. The number of amides is 1. The second-order valence-electron chi connectivity index (χ2n) is 5.60. The van der Waals surface area contributed by atoms with Crippen LogP contribution in [0.15, 0.2) is 41.1 Å². The Bertz CT molecular complexity index is 635. The van der Waals surface area contributed by atoms with Crippen LogP contribution in [0.2, 0.25) is 0 Å². The largest absolute Gasteiger partial charge is 0.324 e. The van der Waals surface area contributed by atoms with Gasteiger partial charge in [0.15, 0.2) is 0 Å². The second kappa shape index (κ2) is 6.22. The molecule has 0 atom stereocenters. The minimum Gasteiger partial charge on any atom is -0.324 e. The number of nitrogens with zero attached hydrogens (tertiary/aromatic N) is 2. The molecule has 5 nitrogen and oxygen atoms in total. The van der Waals surface area contributed by atoms with E-state index in [0.29, 0.717) is 17.3 Å². The fourth-order valence-electron chi connectivity index (χ4n) is 1.46. The lowest BCUT2D eigenvalue weighted by atomic mass is 9.96. The zero-order valence-corrected chi connectivity index (χ0v) is 13.7. The highest BCUT2D eigenvalue weighted by Gasteiger charge is 2.21. The number of aromatic nitrogens is 2. The van der Waals surface area contributed by atoms with Gasteiger partial charge in [0.2, 0.25) is 5.91 Å². The molecular weight excluding hydrogens is 332 g/mol. The number of rotatable bonds is 3. The maximum atomic E-state index is 11.9. The third-order valence-electron chi connectivity index (χ3n) is 2.71. The maximum Gasteiger partial charge on any atom is 0.229 e. The van der Waals surface area contributed by atoms with Crippen LogP contribution >= 0.6 is 15.9 Å². The molecule has 6 heteroatoms. The van der Waals surface area contributed by atoms with Gasteiger partial charge in [0, 0.05) is 11.6 Å². The predicted octanol–water partition coefficient (Wildman–Crippen LogP) is 3.97. The Morgan fingerprint density at radius 3 is 2.52 bits per heavy atom. The summed E-state index contributed by atoms with van der Waals surface area (Å²) in [4.78, 5) is 20.4. The molecule has 110 valence electrons. The van der Waals surface area contributed by atoms with Crippen molar-refractivity contribution in [1.29, 1.82) is 0 Å². The molecule has 21 heavy (non-hydrogen) atoms. The van der Waals surface area contributed by atoms with Crippen LogP contribution in [0.5, 0.6) is 0 Å². The summed E-state index contributed by atoms with van der Waals surface area (Å²) in [6.45, 7) is 5.60. The molecule has 0 bridgehead atoms. The molecule has 2 heterocycles. The molecule has 0 fully saturated rings. The first kappa shape index (κ1) is 15.4. The fourth-order valence-corrected chi connectivity index (χ4v) is 1.81. The number of carbonyl (C=O) groups is 1. The molecular formula is C15H17BrN4O. The van der Waals surface area contributed by atoms with Crippen molar-refractivity contribution in [3.8, 4) is 0 Å². The van der Waals surface area contributed by atoms with Crippen molar-refractivity contribution >= 4 is 39.2 Å². The van der Waals surface area contributed by atoms with Gasteiger partial charge in [-0.25, -0.2) is 9.97 Å². The lowest BCUT2D eigenvalue weighted by Crippen LogP contribution is -2.27. The normalized spacial score (nSPS) is 11.0. The van der Waals surface area contributed by atoms with Crippen molar-refractivity contribution in [2.24, 2.45) is 5.41 Å². The van der Waals surface area contributed by atoms with E-state index in [4.69, 9.17) is 0 Å². The van der Waals surface area contributed by atoms with Crippen LogP contribution < -0.4 is 10.6 Å². The standard InChI is InChI=1S/C15H17BrN4O/c1-15(2,3)14(21)19-10-6-7-12(18-9-10)20-13-11(16)5-4-8-17-13/h4-9H,1-3H3,(H,19,21)(H,17,18,20). The number of hydrogen-bond acceptors (Lipinski definition) is 4. The van der Waals surface area contributed by atoms with E-state index in [9.17, 15) is 4.79 Å². The molecule has 0 saturated heterocycles. The minimum atomic E-state index is -0.435. The molecule has 0 radical (unpaired) electrons. The zero-order valence-electron chi connectivity index (χ0n) is 12.1. The summed E-state index contributed by atoms with van der Waals surface area (Å²) in [7, 11) is 0. The summed E-state index contributed by atoms with van der Waals surface area (Å²) in [6, 6.07) is 7.33. The second-order valence-corrected chi connectivity index (χ2v) is 6.45. The molecule has 0 aliphatic rings. The highest BCUT2D eigenvalue weighted by molar-refractivity contribution is 9.10. The number of anilines is 3. The van der Waals surface area contributed by atoms with E-state index in [1.54, 1.807) is 24.5 Å². The van der Waals surface area contributed by atoms with Crippen molar-refractivity contribution in [3.63, 3.8) is 0 Å². The van der Waals surface area contributed by atoms with Gasteiger partial charge in [-0.1, -0.05) is 20.8 Å². The van der Waals surface area contributed by atoms with Gasteiger partial charge in [-0.2, -0.15) is 0 Å². The molecule has 0 aromatic carbocycles. The van der Waals surface area contributed by atoms with Crippen LogP contribution in [-0.4, -0.2) is 15.9 Å². The van der Waals surface area contributed by atoms with Crippen molar-refractivity contribution in [2.75, 3.05) is 10.6 Å². The third kappa shape index (κ3) is 4.26. The Kier molecular flexibility index (Phi) is 4.57. The predicted molar refractivity (Wildman–Crippen MR) is 87.5 cm³/mol. The first-order valence-electron chi connectivity index (χ1n) is 6.51. The van der Waals surface area contributed by atoms with Gasteiger partial charge in [0.1, 0.15) is 11.6 Å². The van der Waals surface area contributed by atoms with E-state index in [2.05, 4.69) is 36.5 Å². The van der Waals surface area contributed by atoms with Crippen molar-refractivity contribution in [2.45, 2.75) is 20.8 Å². The van der Waals surface area contributed by atoms with Crippen molar-refractivity contribution in [1.82, 2.24) is 9.97 Å². The van der Waals surface area contributed by atoms with Crippen LogP contribution in [-0.2, 0) is 4.79 Å². The first-order chi connectivity index (χ1) is 9.86. The summed E-state index contributed by atoms with van der Waals surface area (Å²) in [6.07, 6.45) is 3.31. The van der Waals surface area contributed by atoms with E-state index >= 15 is 0 Å². The maximum absolute atomic E-state index is 11.9. The smallest absolute Gasteiger partial charge is 0.229 e. The van der Waals surface area contributed by atoms with Gasteiger partial charge in [0.05, 0.1) is 16.4 Å². The lowest BCUT2D eigenvalue weighted by Gasteiger charge is -2.17. The molecule has 2 aromatic rings. The minimum absolute atomic E-state index is 0.0440. The number of carbonyl (C=O) groups excluding carboxylic acids is 1. The molecule has 2 rings (SSSR count). The molecule has 0 aliphatic carbocycles. The van der Waals surface area contributed by atoms with E-state index < -0.39 is 5.41 Å². The van der Waals surface area contributed by atoms with Crippen molar-refractivity contribution < 1.29 is 4.79 Å². The van der Waals surface area contributed by atoms with Gasteiger partial charge < -0.3 is 10.6 Å². The number of halogens is 1. The third-order valence-corrected chi connectivity index (χ3v) is 3.35. The van der Waals surface area contributed by atoms with E-state index in [-0.39, 0.29) is 5.91 Å². The van der Waals surface area contributed by atoms with Gasteiger partial charge in [-0.3, -0.25) is 4.79 Å². The summed E-state index contributed by atoms with van der Waals surface area (Å²) in [5.74, 6) is 1.30. The number of pyridine rings is 2. The Morgan fingerprint density at radius 2 is 1.95 bits per heavy atom. The molecule has 2 aromatic heterocycles. The topological polar surface area (TPSA) is 66.9 Å². The van der Waals surface area contributed by atoms with Gasteiger partial charge in [0.25, 0.3) is 0 Å². The van der Waals surface area contributed by atoms with Crippen LogP contribution in [0.3, 0.4) is 0 Å². The van der Waals surface area contributed by atoms with Gasteiger partial charge in [-0.05, 0) is 40.2 Å². The van der Waals surface area contributed by atoms with Crippen LogP contribution in [0.25, 0.3) is 0 Å². The summed E-state index contributed by atoms with van der Waals surface area (Å²) >= 11 is 3.41. The lowest BCUT2D eigenvalue weighted by molar-refractivity contribution is -0.123. The average molecular weight is 349 g/mol. The van der Waals surface area contributed by atoms with Gasteiger partial charge in [-0.15, -0.1) is 0 Å². The highest BCUT2D eigenvalue weighted by Crippen LogP contribution is 2.23. The number of nitrogens with one attached hydrogen (secondary N) is 2. The molecule has 0 saturated carbocycles. The van der Waals surface area contributed by atoms with E-state index in [0.717, 1.165) is 4.47 Å². The number of hydrogen-bond donors (Lipinski definition) is 2. The summed E-state index contributed by atoms with van der Waals surface area (Å²) in [5, 5.41) is 5.93. The summed E-state index contributed by atoms with van der Waals surface area (Å²) < 4.78 is 0.858. The van der Waals surface area contributed by atoms with E-state index in [1.165, 1.54) is 0 Å². The molecule has 2 N–H and O–H groups in total. The molecule has 0 unspecified atom stereocenters. The van der Waals surface area contributed by atoms with E-state index in [1.807, 2.05) is 32.9 Å². The van der Waals surface area contributed by atoms with Crippen LogP contribution in [0.1, 0.15) is 20.8 Å². The highest BCUT2D eigenvalue weighted by atomic mass is 79.9. The fraction of sp³-hybridized carbons (Fsp3) is 0.267. The monoisotopic (exact) mass is 348 g/mol. The molecule has 0 aliphatic heterocycles. The van der Waals surface area contributed by atoms with Crippen molar-refractivity contribution in [3.05, 3.63) is 41.1 Å². The van der Waals surface area contributed by atoms with Gasteiger partial charge >= 0.3 is 0 Å². The quantitative estimate of drug-likeness (QED) is 0.880. The molecule has 0 spiro atoms. The van der Waals surface area contributed by atoms with Crippen LogP contribution in [0.4, 0.5) is 17.3 Å². The average Bonchev–Trinajstić information content (AvgIpc) is 2.42. The Hall–Kier alpha value is -1.95. The Labute approximate surface area is 132 Å². The SMILES string of the molecule is CC(C)(C)C(=O)Nc1ccc(Nc2ncccc2Br)nc1. The Balaban J connectivity index is 2.06. The van der Waals surface area contributed by atoms with Crippen LogP contribution in [0, 0.1) is 5.41 Å².